The minimum Gasteiger partial charge on any atom is -0.356 e. The lowest BCUT2D eigenvalue weighted by Gasteiger charge is -2.20. The van der Waals surface area contributed by atoms with E-state index in [9.17, 15) is 4.79 Å². The first-order valence-corrected chi connectivity index (χ1v) is 9.74. The molecule has 1 heterocycles. The zero-order valence-corrected chi connectivity index (χ0v) is 16.3. The Hall–Kier alpha value is -2.52. The van der Waals surface area contributed by atoms with E-state index in [0.717, 1.165) is 25.1 Å². The van der Waals surface area contributed by atoms with Crippen LogP contribution < -0.4 is 16.0 Å². The second-order valence-electron chi connectivity index (χ2n) is 6.74. The average molecular weight is 370 g/mol. The molecular weight excluding hydrogens is 338 g/mol. The van der Waals surface area contributed by atoms with Crippen LogP contribution in [0.15, 0.2) is 29.3 Å². The highest BCUT2D eigenvalue weighted by molar-refractivity contribution is 5.95. The molecule has 3 N–H and O–H groups in total. The van der Waals surface area contributed by atoms with Crippen LogP contribution in [0.4, 0.5) is 5.69 Å². The van der Waals surface area contributed by atoms with Crippen molar-refractivity contribution >= 4 is 17.6 Å². The number of anilines is 1. The minimum atomic E-state index is -0.142. The van der Waals surface area contributed by atoms with E-state index in [-0.39, 0.29) is 12.5 Å². The summed E-state index contributed by atoms with van der Waals surface area (Å²) in [7, 11) is 1.71. The molecule has 0 radical (unpaired) electrons. The number of hydrogen-bond acceptors (Lipinski definition) is 3. The zero-order valence-electron chi connectivity index (χ0n) is 16.3. The Morgan fingerprint density at radius 3 is 2.70 bits per heavy atom. The Kier molecular flexibility index (Phi) is 9.22. The molecular formula is C21H31N5O. The van der Waals surface area contributed by atoms with Gasteiger partial charge in [-0.05, 0) is 57.1 Å². The highest BCUT2D eigenvalue weighted by Crippen LogP contribution is 2.10. The molecule has 1 fully saturated rings. The molecule has 0 unspecified atom stereocenters. The van der Waals surface area contributed by atoms with Crippen molar-refractivity contribution in [3.05, 3.63) is 29.8 Å². The van der Waals surface area contributed by atoms with Gasteiger partial charge in [0, 0.05) is 24.8 Å². The summed E-state index contributed by atoms with van der Waals surface area (Å²) in [5.74, 6) is 3.05. The molecule has 27 heavy (non-hydrogen) atoms. The molecule has 1 saturated heterocycles. The van der Waals surface area contributed by atoms with Gasteiger partial charge in [-0.3, -0.25) is 9.79 Å². The maximum atomic E-state index is 12.1. The van der Waals surface area contributed by atoms with Gasteiger partial charge in [-0.25, -0.2) is 0 Å². The summed E-state index contributed by atoms with van der Waals surface area (Å²) in [5.41, 5.74) is 1.43. The predicted molar refractivity (Wildman–Crippen MR) is 112 cm³/mol. The molecule has 0 bridgehead atoms. The van der Waals surface area contributed by atoms with Crippen molar-refractivity contribution < 1.29 is 4.79 Å². The van der Waals surface area contributed by atoms with Crippen LogP contribution in [-0.2, 0) is 4.79 Å². The zero-order chi connectivity index (χ0) is 19.3. The quantitative estimate of drug-likeness (QED) is 0.298. The van der Waals surface area contributed by atoms with Crippen molar-refractivity contribution in [1.29, 1.82) is 0 Å². The molecule has 1 aliphatic rings. The Morgan fingerprint density at radius 1 is 1.22 bits per heavy atom. The predicted octanol–water partition coefficient (Wildman–Crippen LogP) is 2.04. The van der Waals surface area contributed by atoms with E-state index >= 15 is 0 Å². The topological polar surface area (TPSA) is 68.8 Å². The molecule has 0 atom stereocenters. The molecule has 1 aliphatic heterocycles. The monoisotopic (exact) mass is 369 g/mol. The average Bonchev–Trinajstić information content (AvgIpc) is 2.96. The van der Waals surface area contributed by atoms with Crippen molar-refractivity contribution in [2.24, 2.45) is 4.99 Å². The van der Waals surface area contributed by atoms with Crippen LogP contribution in [-0.4, -0.2) is 56.5 Å². The number of terminal acetylenes is 1. The molecule has 6 heteroatoms. The molecule has 0 aromatic heterocycles. The summed E-state index contributed by atoms with van der Waals surface area (Å²) >= 11 is 0. The Balaban J connectivity index is 1.64. The van der Waals surface area contributed by atoms with Gasteiger partial charge in [0.25, 0.3) is 0 Å². The van der Waals surface area contributed by atoms with Gasteiger partial charge >= 0.3 is 0 Å². The number of nitrogens with one attached hydrogen (secondary N) is 3. The number of aliphatic imine (C=N–C) groups is 1. The minimum absolute atomic E-state index is 0.142. The second-order valence-corrected chi connectivity index (χ2v) is 6.74. The van der Waals surface area contributed by atoms with Gasteiger partial charge in [0.15, 0.2) is 5.96 Å². The van der Waals surface area contributed by atoms with Gasteiger partial charge in [0.05, 0.1) is 6.54 Å². The van der Waals surface area contributed by atoms with E-state index in [1.165, 1.54) is 38.8 Å². The summed E-state index contributed by atoms with van der Waals surface area (Å²) in [6.07, 6.45) is 11.8. The third-order valence-corrected chi connectivity index (χ3v) is 4.60. The van der Waals surface area contributed by atoms with E-state index in [1.54, 1.807) is 13.1 Å². The first-order chi connectivity index (χ1) is 13.2. The van der Waals surface area contributed by atoms with Crippen LogP contribution in [0.2, 0.25) is 0 Å². The highest BCUT2D eigenvalue weighted by atomic mass is 16.1. The second kappa shape index (κ2) is 12.0. The molecule has 1 amide bonds. The SMILES string of the molecule is C#Cc1cccc(NC(=O)CNC(=NC)NCCCN2CCCCCC2)c1. The molecule has 1 aromatic carbocycles. The fourth-order valence-electron chi connectivity index (χ4n) is 3.15. The standard InChI is InChI=1S/C21H31N5O/c1-3-18-10-8-11-19(16-18)25-20(27)17-24-21(22-2)23-12-9-15-26-13-6-4-5-7-14-26/h1,8,10-11,16H,4-7,9,12-15,17H2,2H3,(H,25,27)(H2,22,23,24). The summed E-state index contributed by atoms with van der Waals surface area (Å²) < 4.78 is 0. The number of carbonyl (C=O) groups is 1. The number of benzene rings is 1. The lowest BCUT2D eigenvalue weighted by atomic mass is 10.2. The number of carbonyl (C=O) groups excluding carboxylic acids is 1. The van der Waals surface area contributed by atoms with E-state index in [4.69, 9.17) is 6.42 Å². The van der Waals surface area contributed by atoms with Gasteiger partial charge in [0.2, 0.25) is 5.91 Å². The summed E-state index contributed by atoms with van der Waals surface area (Å²) in [6, 6.07) is 7.23. The first kappa shape index (κ1) is 20.8. The lowest BCUT2D eigenvalue weighted by Crippen LogP contribution is -2.42. The summed E-state index contributed by atoms with van der Waals surface area (Å²) in [5, 5.41) is 9.13. The van der Waals surface area contributed by atoms with Crippen molar-refractivity contribution in [2.45, 2.75) is 32.1 Å². The van der Waals surface area contributed by atoms with Gasteiger partial charge < -0.3 is 20.9 Å². The number of likely N-dealkylation sites (tertiary alicyclic amines) is 1. The number of guanidine groups is 1. The third kappa shape index (κ3) is 8.14. The molecule has 146 valence electrons. The fourth-order valence-corrected chi connectivity index (χ4v) is 3.15. The van der Waals surface area contributed by atoms with Crippen molar-refractivity contribution in [3.8, 4) is 12.3 Å². The molecule has 0 saturated carbocycles. The Morgan fingerprint density at radius 2 is 2.00 bits per heavy atom. The van der Waals surface area contributed by atoms with Crippen LogP contribution in [0.3, 0.4) is 0 Å². The number of nitrogens with zero attached hydrogens (tertiary/aromatic N) is 2. The van der Waals surface area contributed by atoms with Crippen LogP contribution >= 0.6 is 0 Å². The largest absolute Gasteiger partial charge is 0.356 e. The number of amides is 1. The number of hydrogen-bond donors (Lipinski definition) is 3. The van der Waals surface area contributed by atoms with E-state index < -0.39 is 0 Å². The van der Waals surface area contributed by atoms with Crippen molar-refractivity contribution in [2.75, 3.05) is 45.1 Å². The summed E-state index contributed by atoms with van der Waals surface area (Å²) in [6.45, 7) is 4.52. The molecule has 1 aromatic rings. The highest BCUT2D eigenvalue weighted by Gasteiger charge is 2.08. The van der Waals surface area contributed by atoms with Crippen LogP contribution in [0, 0.1) is 12.3 Å². The molecule has 0 aliphatic carbocycles. The maximum absolute atomic E-state index is 12.1. The van der Waals surface area contributed by atoms with Crippen LogP contribution in [0.1, 0.15) is 37.7 Å². The number of rotatable bonds is 7. The van der Waals surface area contributed by atoms with Crippen LogP contribution in [0.5, 0.6) is 0 Å². The van der Waals surface area contributed by atoms with Crippen molar-refractivity contribution in [1.82, 2.24) is 15.5 Å². The van der Waals surface area contributed by atoms with Gasteiger partial charge in [-0.2, -0.15) is 0 Å². The fraction of sp³-hybridized carbons (Fsp3) is 0.524. The van der Waals surface area contributed by atoms with Gasteiger partial charge in [-0.15, -0.1) is 6.42 Å². The van der Waals surface area contributed by atoms with Crippen molar-refractivity contribution in [3.63, 3.8) is 0 Å². The summed E-state index contributed by atoms with van der Waals surface area (Å²) in [4.78, 5) is 18.8. The van der Waals surface area contributed by atoms with E-state index in [2.05, 4.69) is 31.8 Å². The van der Waals surface area contributed by atoms with Gasteiger partial charge in [0.1, 0.15) is 0 Å². The normalized spacial score (nSPS) is 15.5. The molecule has 0 spiro atoms. The Labute approximate surface area is 162 Å². The molecule has 6 nitrogen and oxygen atoms in total. The van der Waals surface area contributed by atoms with Crippen LogP contribution in [0.25, 0.3) is 0 Å². The lowest BCUT2D eigenvalue weighted by molar-refractivity contribution is -0.115. The third-order valence-electron chi connectivity index (χ3n) is 4.60. The Bertz CT molecular complexity index is 657. The maximum Gasteiger partial charge on any atom is 0.243 e. The smallest absolute Gasteiger partial charge is 0.243 e. The van der Waals surface area contributed by atoms with Gasteiger partial charge in [-0.1, -0.05) is 24.8 Å². The van der Waals surface area contributed by atoms with E-state index in [0.29, 0.717) is 11.6 Å². The van der Waals surface area contributed by atoms with E-state index in [1.807, 2.05) is 18.2 Å². The molecule has 2 rings (SSSR count). The first-order valence-electron chi connectivity index (χ1n) is 9.74.